The average molecular weight is 281 g/mol. The minimum atomic E-state index is 0.117. The van der Waals surface area contributed by atoms with E-state index in [4.69, 9.17) is 10.6 Å². The highest BCUT2D eigenvalue weighted by molar-refractivity contribution is 5.07. The van der Waals surface area contributed by atoms with E-state index in [0.717, 1.165) is 32.7 Å². The van der Waals surface area contributed by atoms with Gasteiger partial charge in [-0.2, -0.15) is 5.10 Å². The summed E-state index contributed by atoms with van der Waals surface area (Å²) in [6.07, 6.45) is 4.96. The van der Waals surface area contributed by atoms with Crippen molar-refractivity contribution in [2.75, 3.05) is 19.7 Å². The fraction of sp³-hybridized carbons (Fsp3) is 0.786. The molecule has 0 saturated carbocycles. The van der Waals surface area contributed by atoms with Crippen molar-refractivity contribution in [3.8, 4) is 0 Å². The number of ether oxygens (including phenoxy) is 1. The highest BCUT2D eigenvalue weighted by Crippen LogP contribution is 2.14. The first-order valence-corrected chi connectivity index (χ1v) is 7.47. The lowest BCUT2D eigenvalue weighted by Crippen LogP contribution is -2.56. The van der Waals surface area contributed by atoms with Crippen LogP contribution in [0.3, 0.4) is 0 Å². The summed E-state index contributed by atoms with van der Waals surface area (Å²) in [5.74, 6) is 5.74. The zero-order valence-corrected chi connectivity index (χ0v) is 12.7. The number of hydrogen-bond acceptors (Lipinski definition) is 5. The molecule has 3 N–H and O–H groups in total. The van der Waals surface area contributed by atoms with Crippen LogP contribution in [-0.4, -0.2) is 52.6 Å². The van der Waals surface area contributed by atoms with E-state index in [1.807, 2.05) is 10.9 Å². The zero-order valence-electron chi connectivity index (χ0n) is 12.7. The molecular formula is C14H27N5O. The van der Waals surface area contributed by atoms with Gasteiger partial charge in [-0.1, -0.05) is 0 Å². The van der Waals surface area contributed by atoms with Crippen molar-refractivity contribution in [2.45, 2.75) is 51.9 Å². The molecule has 1 aliphatic rings. The van der Waals surface area contributed by atoms with Crippen LogP contribution in [0.15, 0.2) is 12.4 Å². The minimum Gasteiger partial charge on any atom is -0.374 e. The molecule has 20 heavy (non-hydrogen) atoms. The van der Waals surface area contributed by atoms with E-state index in [1.54, 1.807) is 0 Å². The number of nitrogens with zero attached hydrogens (tertiary/aromatic N) is 3. The second-order valence-corrected chi connectivity index (χ2v) is 5.68. The highest BCUT2D eigenvalue weighted by Gasteiger charge is 2.28. The second-order valence-electron chi connectivity index (χ2n) is 5.68. The maximum Gasteiger partial charge on any atom is 0.0872 e. The molecule has 114 valence electrons. The zero-order chi connectivity index (χ0) is 14.5. The fourth-order valence-electron chi connectivity index (χ4n) is 2.65. The molecule has 2 rings (SSSR count). The van der Waals surface area contributed by atoms with E-state index in [-0.39, 0.29) is 12.1 Å². The van der Waals surface area contributed by atoms with Crippen molar-refractivity contribution in [3.05, 3.63) is 18.0 Å². The lowest BCUT2D eigenvalue weighted by Gasteiger charge is -2.38. The molecule has 0 aromatic carbocycles. The standard InChI is InChI=1S/C14H27N5O/c1-4-19-9-12(8-16-19)7-13(17-15)14-10-18(11(2)3)5-6-20-14/h8-9,11,13-14,17H,4-7,10,15H2,1-3H3. The lowest BCUT2D eigenvalue weighted by molar-refractivity contribution is -0.0552. The Bertz CT molecular complexity index is 406. The van der Waals surface area contributed by atoms with E-state index in [0.29, 0.717) is 6.04 Å². The van der Waals surface area contributed by atoms with Crippen LogP contribution in [0.4, 0.5) is 0 Å². The third-order valence-electron chi connectivity index (χ3n) is 3.98. The minimum absolute atomic E-state index is 0.117. The molecule has 2 heterocycles. The van der Waals surface area contributed by atoms with Crippen molar-refractivity contribution >= 4 is 0 Å². The summed E-state index contributed by atoms with van der Waals surface area (Å²) in [4.78, 5) is 2.44. The number of morpholine rings is 1. The normalized spacial score (nSPS) is 22.4. The van der Waals surface area contributed by atoms with Crippen LogP contribution >= 0.6 is 0 Å². The molecule has 1 aromatic heterocycles. The largest absolute Gasteiger partial charge is 0.374 e. The molecule has 2 unspecified atom stereocenters. The molecule has 6 nitrogen and oxygen atoms in total. The average Bonchev–Trinajstić information content (AvgIpc) is 2.92. The molecule has 2 atom stereocenters. The summed E-state index contributed by atoms with van der Waals surface area (Å²) in [5, 5.41) is 4.31. The van der Waals surface area contributed by atoms with Gasteiger partial charge < -0.3 is 4.74 Å². The van der Waals surface area contributed by atoms with Gasteiger partial charge in [0.05, 0.1) is 24.9 Å². The smallest absolute Gasteiger partial charge is 0.0872 e. The summed E-state index contributed by atoms with van der Waals surface area (Å²) >= 11 is 0. The predicted molar refractivity (Wildman–Crippen MR) is 79.2 cm³/mol. The molecule has 1 saturated heterocycles. The summed E-state index contributed by atoms with van der Waals surface area (Å²) in [6.45, 7) is 10.1. The van der Waals surface area contributed by atoms with Gasteiger partial charge in [-0.25, -0.2) is 0 Å². The number of rotatable bonds is 6. The van der Waals surface area contributed by atoms with Gasteiger partial charge in [-0.15, -0.1) is 0 Å². The van der Waals surface area contributed by atoms with Gasteiger partial charge in [0, 0.05) is 31.9 Å². The monoisotopic (exact) mass is 281 g/mol. The van der Waals surface area contributed by atoms with Crippen LogP contribution in [-0.2, 0) is 17.7 Å². The highest BCUT2D eigenvalue weighted by atomic mass is 16.5. The lowest BCUT2D eigenvalue weighted by atomic mass is 10.0. The van der Waals surface area contributed by atoms with Gasteiger partial charge in [0.1, 0.15) is 0 Å². The molecule has 0 spiro atoms. The summed E-state index contributed by atoms with van der Waals surface area (Å²) < 4.78 is 7.84. The van der Waals surface area contributed by atoms with E-state index >= 15 is 0 Å². The number of hydrogen-bond donors (Lipinski definition) is 2. The van der Waals surface area contributed by atoms with Gasteiger partial charge in [0.2, 0.25) is 0 Å². The Hall–Kier alpha value is -0.950. The van der Waals surface area contributed by atoms with E-state index in [2.05, 4.69) is 42.4 Å². The van der Waals surface area contributed by atoms with Crippen molar-refractivity contribution < 1.29 is 4.74 Å². The van der Waals surface area contributed by atoms with Crippen LogP contribution in [0.5, 0.6) is 0 Å². The number of aryl methyl sites for hydroxylation is 1. The maximum atomic E-state index is 5.91. The van der Waals surface area contributed by atoms with Gasteiger partial charge in [0.15, 0.2) is 0 Å². The van der Waals surface area contributed by atoms with E-state index in [1.165, 1.54) is 5.56 Å². The number of aromatic nitrogens is 2. The quantitative estimate of drug-likeness (QED) is 0.583. The summed E-state index contributed by atoms with van der Waals surface area (Å²) in [6, 6.07) is 0.661. The fourth-order valence-corrected chi connectivity index (χ4v) is 2.65. The third kappa shape index (κ3) is 3.79. The number of nitrogens with one attached hydrogen (secondary N) is 1. The van der Waals surface area contributed by atoms with Crippen molar-refractivity contribution in [2.24, 2.45) is 5.84 Å². The molecule has 1 aliphatic heterocycles. The Morgan fingerprint density at radius 2 is 2.35 bits per heavy atom. The van der Waals surface area contributed by atoms with Gasteiger partial charge in [-0.05, 0) is 32.8 Å². The van der Waals surface area contributed by atoms with Crippen LogP contribution < -0.4 is 11.3 Å². The summed E-state index contributed by atoms with van der Waals surface area (Å²) in [7, 11) is 0. The van der Waals surface area contributed by atoms with Gasteiger partial charge >= 0.3 is 0 Å². The maximum absolute atomic E-state index is 5.91. The van der Waals surface area contributed by atoms with Crippen molar-refractivity contribution in [1.29, 1.82) is 0 Å². The molecule has 0 radical (unpaired) electrons. The van der Waals surface area contributed by atoms with Crippen LogP contribution in [0.2, 0.25) is 0 Å². The van der Waals surface area contributed by atoms with Gasteiger partial charge in [0.25, 0.3) is 0 Å². The topological polar surface area (TPSA) is 68.3 Å². The first-order chi connectivity index (χ1) is 9.63. The predicted octanol–water partition coefficient (Wildman–Crippen LogP) is 0.387. The summed E-state index contributed by atoms with van der Waals surface area (Å²) in [5.41, 5.74) is 4.11. The van der Waals surface area contributed by atoms with Crippen molar-refractivity contribution in [3.63, 3.8) is 0 Å². The molecule has 0 aliphatic carbocycles. The number of nitrogens with two attached hydrogens (primary N) is 1. The van der Waals surface area contributed by atoms with Crippen molar-refractivity contribution in [1.82, 2.24) is 20.1 Å². The van der Waals surface area contributed by atoms with E-state index in [9.17, 15) is 0 Å². The Kier molecular flexibility index (Phi) is 5.54. The van der Waals surface area contributed by atoms with Crippen LogP contribution in [0.1, 0.15) is 26.3 Å². The molecule has 0 amide bonds. The first kappa shape index (κ1) is 15.4. The van der Waals surface area contributed by atoms with Crippen LogP contribution in [0.25, 0.3) is 0 Å². The Morgan fingerprint density at radius 1 is 1.55 bits per heavy atom. The molecule has 0 bridgehead atoms. The Labute approximate surface area is 121 Å². The van der Waals surface area contributed by atoms with Crippen LogP contribution in [0, 0.1) is 0 Å². The Morgan fingerprint density at radius 3 is 2.95 bits per heavy atom. The SMILES string of the molecule is CCn1cc(CC(NN)C2CN(C(C)C)CCO2)cn1. The molecule has 6 heteroatoms. The molecular weight excluding hydrogens is 254 g/mol. The molecule has 1 fully saturated rings. The van der Waals surface area contributed by atoms with Gasteiger partial charge in [-0.3, -0.25) is 20.9 Å². The Balaban J connectivity index is 1.96. The number of hydrazine groups is 1. The second kappa shape index (κ2) is 7.17. The molecule has 1 aromatic rings. The third-order valence-corrected chi connectivity index (χ3v) is 3.98. The first-order valence-electron chi connectivity index (χ1n) is 7.47. The van der Waals surface area contributed by atoms with E-state index < -0.39 is 0 Å².